The Balaban J connectivity index is 1.44. The Bertz CT molecular complexity index is 800. The molecule has 0 aliphatic carbocycles. The minimum absolute atomic E-state index is 0.104. The third kappa shape index (κ3) is 2.39. The van der Waals surface area contributed by atoms with Crippen molar-refractivity contribution in [3.8, 4) is 0 Å². The van der Waals surface area contributed by atoms with Gasteiger partial charge in [-0.1, -0.05) is 0 Å². The van der Waals surface area contributed by atoms with Gasteiger partial charge in [0.1, 0.15) is 17.8 Å². The highest BCUT2D eigenvalue weighted by atomic mass is 32.1. The maximum Gasteiger partial charge on any atom is 0.271 e. The summed E-state index contributed by atoms with van der Waals surface area (Å²) >= 11 is 1.42. The smallest absolute Gasteiger partial charge is 0.271 e. The molecule has 1 aliphatic heterocycles. The van der Waals surface area contributed by atoms with E-state index >= 15 is 0 Å². The standard InChI is InChI=1S/C13H13N7OS/c21-13(10-6-22-8-14-10)16-9-3-4-19(5-9)12-2-1-11-17-15-7-20(11)18-12/h1-2,6-9H,3-5H2,(H,16,21). The van der Waals surface area contributed by atoms with Gasteiger partial charge in [-0.05, 0) is 18.6 Å². The number of carbonyl (C=O) groups is 1. The molecule has 112 valence electrons. The van der Waals surface area contributed by atoms with E-state index in [4.69, 9.17) is 0 Å². The molecule has 4 heterocycles. The number of anilines is 1. The van der Waals surface area contributed by atoms with Crippen LogP contribution in [0.25, 0.3) is 5.65 Å². The molecule has 0 radical (unpaired) electrons. The molecule has 1 unspecified atom stereocenters. The van der Waals surface area contributed by atoms with Gasteiger partial charge in [0.2, 0.25) is 0 Å². The number of nitrogens with one attached hydrogen (secondary N) is 1. The molecule has 4 rings (SSSR count). The summed E-state index contributed by atoms with van der Waals surface area (Å²) in [5.41, 5.74) is 2.86. The van der Waals surface area contributed by atoms with Gasteiger partial charge in [0.25, 0.3) is 5.91 Å². The summed E-state index contributed by atoms with van der Waals surface area (Å²) in [6.45, 7) is 1.58. The minimum Gasteiger partial charge on any atom is -0.353 e. The lowest BCUT2D eigenvalue weighted by Gasteiger charge is -2.17. The average Bonchev–Trinajstić information content (AvgIpc) is 3.27. The molecule has 1 aliphatic rings. The van der Waals surface area contributed by atoms with Crippen LogP contribution in [0.1, 0.15) is 16.9 Å². The molecular formula is C13H13N7OS. The van der Waals surface area contributed by atoms with Crippen molar-refractivity contribution in [3.05, 3.63) is 35.0 Å². The molecule has 1 fully saturated rings. The molecule has 1 saturated heterocycles. The Labute approximate surface area is 129 Å². The molecule has 3 aromatic rings. The largest absolute Gasteiger partial charge is 0.353 e. The van der Waals surface area contributed by atoms with E-state index in [0.29, 0.717) is 5.69 Å². The summed E-state index contributed by atoms with van der Waals surface area (Å²) in [7, 11) is 0. The van der Waals surface area contributed by atoms with Crippen LogP contribution in [0.3, 0.4) is 0 Å². The number of hydrogen-bond acceptors (Lipinski definition) is 7. The number of aromatic nitrogens is 5. The van der Waals surface area contributed by atoms with E-state index in [0.717, 1.165) is 31.0 Å². The maximum atomic E-state index is 12.0. The van der Waals surface area contributed by atoms with Crippen LogP contribution in [0.15, 0.2) is 29.4 Å². The van der Waals surface area contributed by atoms with Crippen molar-refractivity contribution in [2.75, 3.05) is 18.0 Å². The summed E-state index contributed by atoms with van der Waals surface area (Å²) < 4.78 is 1.65. The lowest BCUT2D eigenvalue weighted by Crippen LogP contribution is -2.37. The van der Waals surface area contributed by atoms with Gasteiger partial charge in [-0.3, -0.25) is 4.79 Å². The first-order valence-corrected chi connectivity index (χ1v) is 7.85. The molecule has 1 amide bonds. The van der Waals surface area contributed by atoms with Crippen LogP contribution in [0.2, 0.25) is 0 Å². The van der Waals surface area contributed by atoms with E-state index in [2.05, 4.69) is 30.5 Å². The molecule has 1 N–H and O–H groups in total. The Morgan fingerprint density at radius 2 is 2.36 bits per heavy atom. The second-order valence-electron chi connectivity index (χ2n) is 5.10. The normalized spacial score (nSPS) is 18.0. The van der Waals surface area contributed by atoms with Crippen LogP contribution >= 0.6 is 11.3 Å². The molecule has 9 heteroatoms. The molecule has 0 aromatic carbocycles. The molecule has 0 spiro atoms. The van der Waals surface area contributed by atoms with Crippen LogP contribution in [0, 0.1) is 0 Å². The summed E-state index contributed by atoms with van der Waals surface area (Å²) in [5.74, 6) is 0.744. The van der Waals surface area contributed by atoms with E-state index in [9.17, 15) is 4.79 Å². The highest BCUT2D eigenvalue weighted by molar-refractivity contribution is 7.07. The Hall–Kier alpha value is -2.55. The van der Waals surface area contributed by atoms with Crippen LogP contribution in [0.4, 0.5) is 5.82 Å². The van der Waals surface area contributed by atoms with Gasteiger partial charge in [-0.2, -0.15) is 4.52 Å². The van der Waals surface area contributed by atoms with E-state index < -0.39 is 0 Å². The van der Waals surface area contributed by atoms with Crippen molar-refractivity contribution < 1.29 is 4.79 Å². The number of amides is 1. The van der Waals surface area contributed by atoms with Gasteiger partial charge in [-0.15, -0.1) is 26.6 Å². The predicted molar refractivity (Wildman–Crippen MR) is 81.0 cm³/mol. The molecular weight excluding hydrogens is 302 g/mol. The zero-order chi connectivity index (χ0) is 14.9. The lowest BCUT2D eigenvalue weighted by molar-refractivity contribution is 0.0936. The second kappa shape index (κ2) is 5.34. The van der Waals surface area contributed by atoms with Gasteiger partial charge in [0.15, 0.2) is 5.65 Å². The van der Waals surface area contributed by atoms with E-state index in [-0.39, 0.29) is 11.9 Å². The minimum atomic E-state index is -0.115. The van der Waals surface area contributed by atoms with Crippen molar-refractivity contribution in [2.45, 2.75) is 12.5 Å². The predicted octanol–water partition coefficient (Wildman–Crippen LogP) is 0.589. The quantitative estimate of drug-likeness (QED) is 0.761. The van der Waals surface area contributed by atoms with Crippen LogP contribution in [0.5, 0.6) is 0 Å². The Morgan fingerprint density at radius 1 is 1.41 bits per heavy atom. The Morgan fingerprint density at radius 3 is 3.23 bits per heavy atom. The number of hydrogen-bond donors (Lipinski definition) is 1. The fraction of sp³-hybridized carbons (Fsp3) is 0.308. The summed E-state index contributed by atoms with van der Waals surface area (Å²) in [4.78, 5) is 18.2. The Kier molecular flexibility index (Phi) is 3.19. The van der Waals surface area contributed by atoms with Crippen molar-refractivity contribution in [1.82, 2.24) is 30.1 Å². The lowest BCUT2D eigenvalue weighted by atomic mass is 10.2. The zero-order valence-electron chi connectivity index (χ0n) is 11.6. The van der Waals surface area contributed by atoms with Crippen molar-refractivity contribution in [3.63, 3.8) is 0 Å². The first kappa shape index (κ1) is 13.1. The SMILES string of the molecule is O=C(NC1CCN(c2ccc3nncn3n2)C1)c1cscn1. The van der Waals surface area contributed by atoms with Crippen LogP contribution in [-0.4, -0.2) is 49.8 Å². The molecule has 3 aromatic heterocycles. The van der Waals surface area contributed by atoms with E-state index in [1.54, 1.807) is 21.7 Å². The van der Waals surface area contributed by atoms with Crippen molar-refractivity contribution >= 4 is 28.7 Å². The molecule has 8 nitrogen and oxygen atoms in total. The fourth-order valence-electron chi connectivity index (χ4n) is 2.56. The van der Waals surface area contributed by atoms with Gasteiger partial charge in [0.05, 0.1) is 5.51 Å². The number of thiazole rings is 1. The number of rotatable bonds is 3. The molecule has 0 bridgehead atoms. The molecule has 1 atom stereocenters. The number of carbonyl (C=O) groups excluding carboxylic acids is 1. The first-order chi connectivity index (χ1) is 10.8. The maximum absolute atomic E-state index is 12.0. The molecule has 22 heavy (non-hydrogen) atoms. The summed E-state index contributed by atoms with van der Waals surface area (Å²) in [6, 6.07) is 3.91. The first-order valence-electron chi connectivity index (χ1n) is 6.91. The zero-order valence-corrected chi connectivity index (χ0v) is 12.4. The van der Waals surface area contributed by atoms with Crippen molar-refractivity contribution in [2.24, 2.45) is 0 Å². The highest BCUT2D eigenvalue weighted by Crippen LogP contribution is 2.18. The highest BCUT2D eigenvalue weighted by Gasteiger charge is 2.25. The average molecular weight is 315 g/mol. The number of fused-ring (bicyclic) bond motifs is 1. The third-order valence-corrected chi connectivity index (χ3v) is 4.25. The summed E-state index contributed by atoms with van der Waals surface area (Å²) in [6.07, 6.45) is 2.47. The molecule has 0 saturated carbocycles. The fourth-order valence-corrected chi connectivity index (χ4v) is 3.09. The monoisotopic (exact) mass is 315 g/mol. The van der Waals surface area contributed by atoms with Gasteiger partial charge >= 0.3 is 0 Å². The van der Waals surface area contributed by atoms with Gasteiger partial charge in [-0.25, -0.2) is 4.98 Å². The van der Waals surface area contributed by atoms with Crippen molar-refractivity contribution in [1.29, 1.82) is 0 Å². The van der Waals surface area contributed by atoms with Crippen LogP contribution < -0.4 is 10.2 Å². The van der Waals surface area contributed by atoms with Crippen LogP contribution in [-0.2, 0) is 0 Å². The number of nitrogens with zero attached hydrogens (tertiary/aromatic N) is 6. The van der Waals surface area contributed by atoms with Gasteiger partial charge in [0, 0.05) is 24.5 Å². The third-order valence-electron chi connectivity index (χ3n) is 3.66. The topological polar surface area (TPSA) is 88.3 Å². The van der Waals surface area contributed by atoms with E-state index in [1.807, 2.05) is 12.1 Å². The second-order valence-corrected chi connectivity index (χ2v) is 5.82. The summed E-state index contributed by atoms with van der Waals surface area (Å²) in [5, 5.41) is 17.0. The van der Waals surface area contributed by atoms with E-state index in [1.165, 1.54) is 11.3 Å². The van der Waals surface area contributed by atoms with Gasteiger partial charge < -0.3 is 10.2 Å².